The second-order valence-electron chi connectivity index (χ2n) is 4.89. The smallest absolute Gasteiger partial charge is 0.257 e. The van der Waals surface area contributed by atoms with Crippen LogP contribution in [0.3, 0.4) is 0 Å². The number of benzene rings is 1. The van der Waals surface area contributed by atoms with Crippen molar-refractivity contribution in [1.29, 1.82) is 0 Å². The average molecular weight is 291 g/mol. The zero-order valence-electron chi connectivity index (χ0n) is 10.7. The van der Waals surface area contributed by atoms with Gasteiger partial charge in [0.25, 0.3) is 5.91 Å². The van der Waals surface area contributed by atoms with Crippen LogP contribution in [0.5, 0.6) is 0 Å². The monoisotopic (exact) mass is 291 g/mol. The Morgan fingerprint density at radius 2 is 1.95 bits per heavy atom. The lowest BCUT2D eigenvalue weighted by Crippen LogP contribution is -2.31. The predicted molar refractivity (Wildman–Crippen MR) is 62.0 cm³/mol. The molecule has 1 amide bonds. The lowest BCUT2D eigenvalue weighted by atomic mass is 10.0. The van der Waals surface area contributed by atoms with Crippen molar-refractivity contribution in [3.05, 3.63) is 34.9 Å². The van der Waals surface area contributed by atoms with Crippen LogP contribution in [-0.4, -0.2) is 35.1 Å². The van der Waals surface area contributed by atoms with E-state index in [0.717, 1.165) is 0 Å². The number of aliphatic hydroxyl groups is 1. The highest BCUT2D eigenvalue weighted by Crippen LogP contribution is 2.24. The zero-order valence-corrected chi connectivity index (χ0v) is 10.7. The fourth-order valence-corrected chi connectivity index (χ4v) is 2.26. The van der Waals surface area contributed by atoms with Gasteiger partial charge in [-0.1, -0.05) is 0 Å². The van der Waals surface area contributed by atoms with Crippen LogP contribution < -0.4 is 0 Å². The van der Waals surface area contributed by atoms with E-state index >= 15 is 0 Å². The van der Waals surface area contributed by atoms with Crippen molar-refractivity contribution in [3.8, 4) is 0 Å². The van der Waals surface area contributed by atoms with E-state index in [-0.39, 0.29) is 19.0 Å². The molecule has 1 aromatic carbocycles. The van der Waals surface area contributed by atoms with Gasteiger partial charge in [0.1, 0.15) is 0 Å². The Morgan fingerprint density at radius 3 is 2.50 bits per heavy atom. The summed E-state index contributed by atoms with van der Waals surface area (Å²) in [4.78, 5) is 13.2. The number of aliphatic hydroxyl groups excluding tert-OH is 1. The fraction of sp³-hybridized carbons (Fsp3) is 0.462. The van der Waals surface area contributed by atoms with Gasteiger partial charge in [-0.3, -0.25) is 4.79 Å². The summed E-state index contributed by atoms with van der Waals surface area (Å²) in [6.45, 7) is 1.97. The molecular formula is C13H13F4NO2. The van der Waals surface area contributed by atoms with E-state index in [9.17, 15) is 27.5 Å². The summed E-state index contributed by atoms with van der Waals surface area (Å²) in [5, 5.41) is 9.42. The van der Waals surface area contributed by atoms with Gasteiger partial charge in [-0.05, 0) is 19.4 Å². The first-order valence-electron chi connectivity index (χ1n) is 6.13. The van der Waals surface area contributed by atoms with Gasteiger partial charge in [-0.2, -0.15) is 0 Å². The highest BCUT2D eigenvalue weighted by Gasteiger charge is 2.32. The zero-order chi connectivity index (χ0) is 15.0. The first kappa shape index (κ1) is 14.8. The molecule has 2 rings (SSSR count). The van der Waals surface area contributed by atoms with E-state index in [1.165, 1.54) is 4.90 Å². The summed E-state index contributed by atoms with van der Waals surface area (Å²) in [5.41, 5.74) is -0.840. The van der Waals surface area contributed by atoms with Crippen LogP contribution in [0.15, 0.2) is 6.07 Å². The summed E-state index contributed by atoms with van der Waals surface area (Å²) in [6.07, 6.45) is -0.128. The third-order valence-electron chi connectivity index (χ3n) is 3.53. The molecule has 0 spiro atoms. The second-order valence-corrected chi connectivity index (χ2v) is 4.89. The number of hydrogen-bond acceptors (Lipinski definition) is 2. The Bertz CT molecular complexity index is 548. The lowest BCUT2D eigenvalue weighted by molar-refractivity contribution is 0.0756. The third-order valence-corrected chi connectivity index (χ3v) is 3.53. The normalized spacial score (nSPS) is 20.3. The van der Waals surface area contributed by atoms with Crippen molar-refractivity contribution in [2.24, 2.45) is 5.92 Å². The molecule has 0 aliphatic carbocycles. The van der Waals surface area contributed by atoms with Gasteiger partial charge in [0.15, 0.2) is 23.3 Å². The molecule has 2 unspecified atom stereocenters. The maximum atomic E-state index is 13.5. The molecule has 1 saturated heterocycles. The molecule has 0 saturated carbocycles. The maximum Gasteiger partial charge on any atom is 0.257 e. The Balaban J connectivity index is 2.27. The number of amides is 1. The van der Waals surface area contributed by atoms with E-state index in [0.29, 0.717) is 12.5 Å². The van der Waals surface area contributed by atoms with Gasteiger partial charge in [0, 0.05) is 19.0 Å². The first-order valence-corrected chi connectivity index (χ1v) is 6.13. The number of rotatable bonds is 2. The van der Waals surface area contributed by atoms with Crippen LogP contribution in [0.4, 0.5) is 17.6 Å². The molecule has 1 N–H and O–H groups in total. The number of carbonyl (C=O) groups is 1. The van der Waals surface area contributed by atoms with Crippen molar-refractivity contribution in [1.82, 2.24) is 4.90 Å². The minimum absolute atomic E-state index is 0.163. The maximum absolute atomic E-state index is 13.5. The summed E-state index contributed by atoms with van der Waals surface area (Å²) in [7, 11) is 0. The van der Waals surface area contributed by atoms with Gasteiger partial charge in [0.05, 0.1) is 11.7 Å². The fourth-order valence-electron chi connectivity index (χ4n) is 2.26. The van der Waals surface area contributed by atoms with Crippen molar-refractivity contribution < 1.29 is 27.5 Å². The lowest BCUT2D eigenvalue weighted by Gasteiger charge is -2.18. The number of likely N-dealkylation sites (tertiary alicyclic amines) is 1. The quantitative estimate of drug-likeness (QED) is 0.515. The molecule has 0 radical (unpaired) electrons. The molecule has 7 heteroatoms. The van der Waals surface area contributed by atoms with Gasteiger partial charge < -0.3 is 10.0 Å². The SMILES string of the molecule is CC(O)C1CCN(C(=O)c2cc(F)c(F)c(F)c2F)C1. The average Bonchev–Trinajstić information content (AvgIpc) is 2.89. The third kappa shape index (κ3) is 2.49. The van der Waals surface area contributed by atoms with E-state index in [1.54, 1.807) is 6.92 Å². The molecule has 0 bridgehead atoms. The highest BCUT2D eigenvalue weighted by atomic mass is 19.2. The van der Waals surface area contributed by atoms with Crippen molar-refractivity contribution >= 4 is 5.91 Å². The summed E-state index contributed by atoms with van der Waals surface area (Å²) < 4.78 is 52.5. The summed E-state index contributed by atoms with van der Waals surface area (Å²) in [6, 6.07) is 0.353. The van der Waals surface area contributed by atoms with E-state index in [1.807, 2.05) is 0 Å². The minimum atomic E-state index is -2.00. The molecular weight excluding hydrogens is 278 g/mol. The number of nitrogens with zero attached hydrogens (tertiary/aromatic N) is 1. The largest absolute Gasteiger partial charge is 0.393 e. The Hall–Kier alpha value is -1.63. The number of hydrogen-bond donors (Lipinski definition) is 1. The summed E-state index contributed by atoms with van der Waals surface area (Å²) in [5.74, 6) is -8.34. The summed E-state index contributed by atoms with van der Waals surface area (Å²) >= 11 is 0. The van der Waals surface area contributed by atoms with E-state index < -0.39 is 40.8 Å². The van der Waals surface area contributed by atoms with Crippen LogP contribution in [0.25, 0.3) is 0 Å². The van der Waals surface area contributed by atoms with Gasteiger partial charge in [0.2, 0.25) is 0 Å². The molecule has 20 heavy (non-hydrogen) atoms. The molecule has 1 heterocycles. The van der Waals surface area contributed by atoms with Crippen LogP contribution in [0.2, 0.25) is 0 Å². The first-order chi connectivity index (χ1) is 9.32. The van der Waals surface area contributed by atoms with Gasteiger partial charge >= 0.3 is 0 Å². The minimum Gasteiger partial charge on any atom is -0.393 e. The van der Waals surface area contributed by atoms with Crippen molar-refractivity contribution in [2.75, 3.05) is 13.1 Å². The molecule has 110 valence electrons. The number of carbonyl (C=O) groups excluding carboxylic acids is 1. The Morgan fingerprint density at radius 1 is 1.30 bits per heavy atom. The van der Waals surface area contributed by atoms with Gasteiger partial charge in [-0.15, -0.1) is 0 Å². The highest BCUT2D eigenvalue weighted by molar-refractivity contribution is 5.94. The van der Waals surface area contributed by atoms with E-state index in [2.05, 4.69) is 0 Å². The van der Waals surface area contributed by atoms with Crippen molar-refractivity contribution in [2.45, 2.75) is 19.4 Å². The van der Waals surface area contributed by atoms with Crippen LogP contribution in [-0.2, 0) is 0 Å². The Kier molecular flexibility index (Phi) is 3.99. The molecule has 0 aromatic heterocycles. The molecule has 1 fully saturated rings. The Labute approximate surface area is 112 Å². The van der Waals surface area contributed by atoms with Crippen LogP contribution in [0, 0.1) is 29.2 Å². The molecule has 3 nitrogen and oxygen atoms in total. The van der Waals surface area contributed by atoms with Crippen LogP contribution in [0.1, 0.15) is 23.7 Å². The van der Waals surface area contributed by atoms with Gasteiger partial charge in [-0.25, -0.2) is 17.6 Å². The molecule has 1 aliphatic heterocycles. The topological polar surface area (TPSA) is 40.5 Å². The second kappa shape index (κ2) is 5.40. The van der Waals surface area contributed by atoms with Crippen LogP contribution >= 0.6 is 0 Å². The molecule has 1 aromatic rings. The van der Waals surface area contributed by atoms with Crippen molar-refractivity contribution in [3.63, 3.8) is 0 Å². The predicted octanol–water partition coefficient (Wildman–Crippen LogP) is 2.09. The molecule has 2 atom stereocenters. The number of halogens is 4. The standard InChI is InChI=1S/C13H13F4NO2/c1-6(19)7-2-3-18(5-7)13(20)8-4-9(14)11(16)12(17)10(8)15/h4,6-7,19H,2-3,5H2,1H3. The van der Waals surface area contributed by atoms with E-state index in [4.69, 9.17) is 0 Å². The molecule has 1 aliphatic rings.